The molecule has 2 amide bonds. The second-order valence-electron chi connectivity index (χ2n) is 5.77. The number of furan rings is 1. The lowest BCUT2D eigenvalue weighted by molar-refractivity contribution is -0.121. The van der Waals surface area contributed by atoms with Crippen molar-refractivity contribution in [1.82, 2.24) is 10.6 Å². The molecule has 1 aromatic carbocycles. The number of hydrogen-bond donors (Lipinski definition) is 2. The second-order valence-corrected chi connectivity index (χ2v) is 6.21. The van der Waals surface area contributed by atoms with Gasteiger partial charge in [-0.1, -0.05) is 11.6 Å². The number of carbonyl (C=O) groups excluding carboxylic acids is 2. The molecule has 5 nitrogen and oxygen atoms in total. The van der Waals surface area contributed by atoms with Crippen molar-refractivity contribution in [2.45, 2.75) is 26.3 Å². The molecule has 0 radical (unpaired) electrons. The van der Waals surface area contributed by atoms with Gasteiger partial charge in [0.2, 0.25) is 5.91 Å². The molecule has 0 saturated carbocycles. The highest BCUT2D eigenvalue weighted by atomic mass is 35.5. The topological polar surface area (TPSA) is 71.3 Å². The maximum absolute atomic E-state index is 12.0. The molecule has 21 heavy (non-hydrogen) atoms. The van der Waals surface area contributed by atoms with Gasteiger partial charge >= 0.3 is 0 Å². The Bertz CT molecular complexity index is 686. The van der Waals surface area contributed by atoms with Crippen LogP contribution in [-0.2, 0) is 4.79 Å². The third kappa shape index (κ3) is 4.23. The number of nitrogens with one attached hydrogen (secondary N) is 2. The Hall–Kier alpha value is -2.01. The highest BCUT2D eigenvalue weighted by Gasteiger charge is 2.16. The highest BCUT2D eigenvalue weighted by Crippen LogP contribution is 2.22. The largest absolute Gasteiger partial charge is 0.451 e. The van der Waals surface area contributed by atoms with Crippen molar-refractivity contribution in [3.8, 4) is 0 Å². The number of benzene rings is 1. The van der Waals surface area contributed by atoms with Gasteiger partial charge in [-0.25, -0.2) is 0 Å². The normalized spacial score (nSPS) is 11.4. The second kappa shape index (κ2) is 5.77. The Morgan fingerprint density at radius 2 is 1.95 bits per heavy atom. The van der Waals surface area contributed by atoms with E-state index in [4.69, 9.17) is 16.0 Å². The monoisotopic (exact) mass is 308 g/mol. The van der Waals surface area contributed by atoms with Crippen LogP contribution in [0.5, 0.6) is 0 Å². The van der Waals surface area contributed by atoms with Crippen LogP contribution < -0.4 is 10.6 Å². The summed E-state index contributed by atoms with van der Waals surface area (Å²) < 4.78 is 5.42. The maximum atomic E-state index is 12.0. The number of fused-ring (bicyclic) bond motifs is 1. The maximum Gasteiger partial charge on any atom is 0.287 e. The Morgan fingerprint density at radius 3 is 2.62 bits per heavy atom. The number of carbonyl (C=O) groups is 2. The molecule has 112 valence electrons. The van der Waals surface area contributed by atoms with E-state index >= 15 is 0 Å². The number of rotatable bonds is 3. The predicted molar refractivity (Wildman–Crippen MR) is 81.5 cm³/mol. The van der Waals surface area contributed by atoms with Gasteiger partial charge in [-0.2, -0.15) is 0 Å². The van der Waals surface area contributed by atoms with Gasteiger partial charge in [-0.05, 0) is 45.0 Å². The van der Waals surface area contributed by atoms with Crippen LogP contribution in [0.1, 0.15) is 31.3 Å². The van der Waals surface area contributed by atoms with E-state index in [1.807, 2.05) is 20.8 Å². The van der Waals surface area contributed by atoms with E-state index in [9.17, 15) is 9.59 Å². The van der Waals surface area contributed by atoms with Crippen LogP contribution in [0.15, 0.2) is 28.7 Å². The molecule has 0 spiro atoms. The first-order valence-corrected chi connectivity index (χ1v) is 6.91. The molecule has 2 N–H and O–H groups in total. The zero-order valence-corrected chi connectivity index (χ0v) is 12.9. The predicted octanol–water partition coefficient (Wildman–Crippen LogP) is 2.73. The van der Waals surface area contributed by atoms with Gasteiger partial charge in [0.25, 0.3) is 5.91 Å². The summed E-state index contributed by atoms with van der Waals surface area (Å²) >= 11 is 5.88. The fraction of sp³-hybridized carbons (Fsp3) is 0.333. The molecule has 2 rings (SSSR count). The number of amides is 2. The third-order valence-corrected chi connectivity index (χ3v) is 2.86. The lowest BCUT2D eigenvalue weighted by Gasteiger charge is -2.20. The van der Waals surface area contributed by atoms with Crippen LogP contribution in [0.3, 0.4) is 0 Å². The van der Waals surface area contributed by atoms with Gasteiger partial charge < -0.3 is 15.1 Å². The van der Waals surface area contributed by atoms with Gasteiger partial charge in [-0.15, -0.1) is 0 Å². The summed E-state index contributed by atoms with van der Waals surface area (Å²) in [6, 6.07) is 6.69. The number of halogens is 1. The van der Waals surface area contributed by atoms with E-state index in [1.54, 1.807) is 24.3 Å². The lowest BCUT2D eigenvalue weighted by atomic mass is 10.1. The average Bonchev–Trinajstić information content (AvgIpc) is 2.76. The first kappa shape index (κ1) is 15.4. The summed E-state index contributed by atoms with van der Waals surface area (Å²) in [4.78, 5) is 23.6. The molecule has 0 bridgehead atoms. The van der Waals surface area contributed by atoms with Crippen molar-refractivity contribution >= 4 is 34.4 Å². The van der Waals surface area contributed by atoms with Gasteiger partial charge in [0.15, 0.2) is 5.76 Å². The number of hydrogen-bond acceptors (Lipinski definition) is 3. The summed E-state index contributed by atoms with van der Waals surface area (Å²) in [7, 11) is 0. The lowest BCUT2D eigenvalue weighted by Crippen LogP contribution is -2.45. The Kier molecular flexibility index (Phi) is 4.23. The molecule has 0 aliphatic heterocycles. The molecule has 1 heterocycles. The summed E-state index contributed by atoms with van der Waals surface area (Å²) in [6.07, 6.45) is 0. The fourth-order valence-corrected chi connectivity index (χ4v) is 2.02. The molecule has 1 aromatic heterocycles. The van der Waals surface area contributed by atoms with Crippen molar-refractivity contribution in [2.24, 2.45) is 0 Å². The van der Waals surface area contributed by atoms with Crippen LogP contribution in [0, 0.1) is 0 Å². The molecular formula is C15H17ClN2O3. The Morgan fingerprint density at radius 1 is 1.24 bits per heavy atom. The zero-order chi connectivity index (χ0) is 15.6. The first-order chi connectivity index (χ1) is 9.74. The van der Waals surface area contributed by atoms with Crippen molar-refractivity contribution in [3.63, 3.8) is 0 Å². The van der Waals surface area contributed by atoms with Crippen molar-refractivity contribution < 1.29 is 14.0 Å². The van der Waals surface area contributed by atoms with Crippen LogP contribution >= 0.6 is 11.6 Å². The average molecular weight is 309 g/mol. The van der Waals surface area contributed by atoms with Crippen molar-refractivity contribution in [2.75, 3.05) is 6.54 Å². The minimum absolute atomic E-state index is 0.103. The Balaban J connectivity index is 2.01. The van der Waals surface area contributed by atoms with Crippen LogP contribution in [-0.4, -0.2) is 23.9 Å². The van der Waals surface area contributed by atoms with Gasteiger partial charge in [0.1, 0.15) is 5.58 Å². The van der Waals surface area contributed by atoms with E-state index in [2.05, 4.69) is 10.6 Å². The smallest absolute Gasteiger partial charge is 0.287 e. The van der Waals surface area contributed by atoms with Crippen LogP contribution in [0.4, 0.5) is 0 Å². The van der Waals surface area contributed by atoms with Gasteiger partial charge in [0.05, 0.1) is 6.54 Å². The summed E-state index contributed by atoms with van der Waals surface area (Å²) in [6.45, 7) is 5.51. The molecule has 0 saturated heterocycles. The van der Waals surface area contributed by atoms with Gasteiger partial charge in [0, 0.05) is 15.9 Å². The van der Waals surface area contributed by atoms with E-state index < -0.39 is 5.91 Å². The zero-order valence-electron chi connectivity index (χ0n) is 12.1. The molecule has 0 atom stereocenters. The molecule has 0 unspecified atom stereocenters. The molecule has 6 heteroatoms. The summed E-state index contributed by atoms with van der Waals surface area (Å²) in [5.41, 5.74) is 0.237. The van der Waals surface area contributed by atoms with E-state index in [0.29, 0.717) is 10.6 Å². The summed E-state index contributed by atoms with van der Waals surface area (Å²) in [5.74, 6) is -0.544. The fourth-order valence-electron chi connectivity index (χ4n) is 1.84. The van der Waals surface area contributed by atoms with E-state index in [-0.39, 0.29) is 23.8 Å². The van der Waals surface area contributed by atoms with E-state index in [1.165, 1.54) is 0 Å². The van der Waals surface area contributed by atoms with Crippen molar-refractivity contribution in [1.29, 1.82) is 0 Å². The quantitative estimate of drug-likeness (QED) is 0.916. The molecular weight excluding hydrogens is 292 g/mol. The molecule has 0 fully saturated rings. The standard InChI is InChI=1S/C15H17ClN2O3/c1-15(2,3)18-13(19)8-17-14(20)12-7-9-6-10(16)4-5-11(9)21-12/h4-7H,8H2,1-3H3,(H,17,20)(H,18,19). The van der Waals surface area contributed by atoms with Crippen LogP contribution in [0.2, 0.25) is 5.02 Å². The molecule has 0 aliphatic carbocycles. The third-order valence-electron chi connectivity index (χ3n) is 2.63. The minimum Gasteiger partial charge on any atom is -0.451 e. The SMILES string of the molecule is CC(C)(C)NC(=O)CNC(=O)c1cc2cc(Cl)ccc2o1. The molecule has 0 aliphatic rings. The molecule has 2 aromatic rings. The van der Waals surface area contributed by atoms with Gasteiger partial charge in [-0.3, -0.25) is 9.59 Å². The Labute approximate surface area is 127 Å². The minimum atomic E-state index is -0.439. The first-order valence-electron chi connectivity index (χ1n) is 6.53. The highest BCUT2D eigenvalue weighted by molar-refractivity contribution is 6.31. The summed E-state index contributed by atoms with van der Waals surface area (Å²) in [5, 5.41) is 6.59. The van der Waals surface area contributed by atoms with E-state index in [0.717, 1.165) is 5.39 Å². The van der Waals surface area contributed by atoms with Crippen molar-refractivity contribution in [3.05, 3.63) is 35.0 Å². The van der Waals surface area contributed by atoms with Crippen LogP contribution in [0.25, 0.3) is 11.0 Å².